The third kappa shape index (κ3) is 4.97. The van der Waals surface area contributed by atoms with Gasteiger partial charge < -0.3 is 15.0 Å². The molecule has 1 fully saturated rings. The topological polar surface area (TPSA) is 58.6 Å². The lowest BCUT2D eigenvalue weighted by Crippen LogP contribution is -2.33. The summed E-state index contributed by atoms with van der Waals surface area (Å²) < 4.78 is 5.24. The number of ether oxygens (including phenoxy) is 1. The maximum absolute atomic E-state index is 12.2. The third-order valence-corrected chi connectivity index (χ3v) is 4.59. The van der Waals surface area contributed by atoms with E-state index in [1.54, 1.807) is 16.7 Å². The molecule has 1 unspecified atom stereocenters. The molecule has 126 valence electrons. The van der Waals surface area contributed by atoms with Crippen molar-refractivity contribution < 1.29 is 14.3 Å². The molecular weight excluding hydrogens is 312 g/mol. The molecule has 0 saturated carbocycles. The molecular formula is C17H24N2O3S. The van der Waals surface area contributed by atoms with Crippen LogP contribution in [0.25, 0.3) is 0 Å². The van der Waals surface area contributed by atoms with Gasteiger partial charge in [-0.15, -0.1) is 11.8 Å². The SMILES string of the molecule is CCOCCCNC(=O)C1CC(=O)N(c2ccc(SC)cc2)C1. The van der Waals surface area contributed by atoms with Crippen LogP contribution in [0.3, 0.4) is 0 Å². The number of carbonyl (C=O) groups is 2. The lowest BCUT2D eigenvalue weighted by molar-refractivity contribution is -0.126. The van der Waals surface area contributed by atoms with Gasteiger partial charge in [0.1, 0.15) is 0 Å². The second kappa shape index (κ2) is 8.93. The second-order valence-electron chi connectivity index (χ2n) is 5.44. The average Bonchev–Trinajstić information content (AvgIpc) is 2.96. The molecule has 5 nitrogen and oxygen atoms in total. The highest BCUT2D eigenvalue weighted by Crippen LogP contribution is 2.27. The van der Waals surface area contributed by atoms with E-state index in [4.69, 9.17) is 4.74 Å². The average molecular weight is 336 g/mol. The first-order valence-corrected chi connectivity index (χ1v) is 9.18. The third-order valence-electron chi connectivity index (χ3n) is 3.85. The van der Waals surface area contributed by atoms with Gasteiger partial charge in [-0.05, 0) is 43.9 Å². The summed E-state index contributed by atoms with van der Waals surface area (Å²) in [5.74, 6) is -0.302. The van der Waals surface area contributed by atoms with Crippen LogP contribution in [-0.4, -0.2) is 44.4 Å². The molecule has 23 heavy (non-hydrogen) atoms. The largest absolute Gasteiger partial charge is 0.382 e. The van der Waals surface area contributed by atoms with Gasteiger partial charge in [0.25, 0.3) is 0 Å². The molecule has 1 heterocycles. The summed E-state index contributed by atoms with van der Waals surface area (Å²) in [7, 11) is 0. The Labute approximate surface area is 141 Å². The molecule has 0 spiro atoms. The molecule has 2 rings (SSSR count). The van der Waals surface area contributed by atoms with E-state index in [1.807, 2.05) is 37.4 Å². The minimum Gasteiger partial charge on any atom is -0.382 e. The van der Waals surface area contributed by atoms with Crippen LogP contribution in [0.5, 0.6) is 0 Å². The van der Waals surface area contributed by atoms with Crippen molar-refractivity contribution in [3.8, 4) is 0 Å². The molecule has 0 aromatic heterocycles. The van der Waals surface area contributed by atoms with E-state index >= 15 is 0 Å². The second-order valence-corrected chi connectivity index (χ2v) is 6.32. The number of nitrogens with one attached hydrogen (secondary N) is 1. The first-order valence-electron chi connectivity index (χ1n) is 7.95. The van der Waals surface area contributed by atoms with Gasteiger partial charge >= 0.3 is 0 Å². The standard InChI is InChI=1S/C17H24N2O3S/c1-3-22-10-4-9-18-17(21)13-11-16(20)19(12-13)14-5-7-15(23-2)8-6-14/h5-8,13H,3-4,9-12H2,1-2H3,(H,18,21). The summed E-state index contributed by atoms with van der Waals surface area (Å²) in [5.41, 5.74) is 0.861. The number of hydrogen-bond acceptors (Lipinski definition) is 4. The van der Waals surface area contributed by atoms with Crippen LogP contribution in [-0.2, 0) is 14.3 Å². The van der Waals surface area contributed by atoms with Crippen LogP contribution >= 0.6 is 11.8 Å². The number of nitrogens with zero attached hydrogens (tertiary/aromatic N) is 1. The van der Waals surface area contributed by atoms with Gasteiger partial charge in [-0.3, -0.25) is 9.59 Å². The number of hydrogen-bond donors (Lipinski definition) is 1. The summed E-state index contributed by atoms with van der Waals surface area (Å²) in [6.07, 6.45) is 3.09. The zero-order valence-corrected chi connectivity index (χ0v) is 14.5. The van der Waals surface area contributed by atoms with Crippen molar-refractivity contribution in [3.05, 3.63) is 24.3 Å². The molecule has 1 saturated heterocycles. The van der Waals surface area contributed by atoms with Crippen LogP contribution in [0.4, 0.5) is 5.69 Å². The molecule has 0 aliphatic carbocycles. The predicted molar refractivity (Wildman–Crippen MR) is 92.8 cm³/mol. The number of rotatable bonds is 8. The normalized spacial score (nSPS) is 17.6. The molecule has 1 aliphatic heterocycles. The van der Waals surface area contributed by atoms with E-state index in [9.17, 15) is 9.59 Å². The van der Waals surface area contributed by atoms with Crippen LogP contribution in [0.2, 0.25) is 0 Å². The molecule has 0 bridgehead atoms. The van der Waals surface area contributed by atoms with Gasteiger partial charge in [0.05, 0.1) is 5.92 Å². The fourth-order valence-corrected chi connectivity index (χ4v) is 2.98. The number of benzene rings is 1. The van der Waals surface area contributed by atoms with Gasteiger partial charge in [-0.2, -0.15) is 0 Å². The predicted octanol–water partition coefficient (Wildman–Crippen LogP) is 2.30. The quantitative estimate of drug-likeness (QED) is 0.585. The monoisotopic (exact) mass is 336 g/mol. The lowest BCUT2D eigenvalue weighted by Gasteiger charge is -2.17. The summed E-state index contributed by atoms with van der Waals surface area (Å²) in [6, 6.07) is 7.86. The zero-order valence-electron chi connectivity index (χ0n) is 13.7. The Hall–Kier alpha value is -1.53. The fraction of sp³-hybridized carbons (Fsp3) is 0.529. The Bertz CT molecular complexity index is 533. The Morgan fingerprint density at radius 1 is 1.39 bits per heavy atom. The number of thioether (sulfide) groups is 1. The van der Waals surface area contributed by atoms with Crippen LogP contribution in [0.15, 0.2) is 29.2 Å². The van der Waals surface area contributed by atoms with Gasteiger partial charge in [0.15, 0.2) is 0 Å². The maximum Gasteiger partial charge on any atom is 0.227 e. The van der Waals surface area contributed by atoms with Crippen molar-refractivity contribution in [1.29, 1.82) is 0 Å². The maximum atomic E-state index is 12.2. The summed E-state index contributed by atoms with van der Waals surface area (Å²) in [4.78, 5) is 27.2. The van der Waals surface area contributed by atoms with Crippen molar-refractivity contribution in [2.45, 2.75) is 24.7 Å². The zero-order chi connectivity index (χ0) is 16.7. The Kier molecular flexibility index (Phi) is 6.92. The Balaban J connectivity index is 1.84. The number of anilines is 1. The van der Waals surface area contributed by atoms with E-state index in [0.717, 1.165) is 17.0 Å². The van der Waals surface area contributed by atoms with Gasteiger partial charge in [0, 0.05) is 43.3 Å². The van der Waals surface area contributed by atoms with E-state index < -0.39 is 0 Å². The minimum atomic E-state index is -0.269. The van der Waals surface area contributed by atoms with Crippen molar-refractivity contribution in [2.24, 2.45) is 5.92 Å². The van der Waals surface area contributed by atoms with Crippen molar-refractivity contribution in [2.75, 3.05) is 37.5 Å². The van der Waals surface area contributed by atoms with E-state index in [0.29, 0.717) is 26.3 Å². The molecule has 2 amide bonds. The highest BCUT2D eigenvalue weighted by atomic mass is 32.2. The van der Waals surface area contributed by atoms with E-state index in [1.165, 1.54) is 0 Å². The van der Waals surface area contributed by atoms with Gasteiger partial charge in [0.2, 0.25) is 11.8 Å². The molecule has 1 aromatic rings. The van der Waals surface area contributed by atoms with Crippen LogP contribution in [0.1, 0.15) is 19.8 Å². The highest BCUT2D eigenvalue weighted by molar-refractivity contribution is 7.98. The Morgan fingerprint density at radius 3 is 2.78 bits per heavy atom. The van der Waals surface area contributed by atoms with E-state index in [-0.39, 0.29) is 24.2 Å². The molecule has 6 heteroatoms. The highest BCUT2D eigenvalue weighted by Gasteiger charge is 2.34. The number of carbonyl (C=O) groups excluding carboxylic acids is 2. The summed E-state index contributed by atoms with van der Waals surface area (Å²) >= 11 is 1.66. The molecule has 1 aliphatic rings. The van der Waals surface area contributed by atoms with Crippen LogP contribution in [0, 0.1) is 5.92 Å². The Morgan fingerprint density at radius 2 is 2.13 bits per heavy atom. The molecule has 1 N–H and O–H groups in total. The summed E-state index contributed by atoms with van der Waals surface area (Å²) in [5, 5.41) is 2.89. The first-order chi connectivity index (χ1) is 11.2. The smallest absolute Gasteiger partial charge is 0.227 e. The molecule has 1 aromatic carbocycles. The van der Waals surface area contributed by atoms with Crippen molar-refractivity contribution in [3.63, 3.8) is 0 Å². The summed E-state index contributed by atoms with van der Waals surface area (Å²) in [6.45, 7) is 4.33. The fourth-order valence-electron chi connectivity index (χ4n) is 2.57. The van der Waals surface area contributed by atoms with Crippen LogP contribution < -0.4 is 10.2 Å². The van der Waals surface area contributed by atoms with Crippen molar-refractivity contribution in [1.82, 2.24) is 5.32 Å². The number of amides is 2. The van der Waals surface area contributed by atoms with Gasteiger partial charge in [-0.25, -0.2) is 0 Å². The molecule has 0 radical (unpaired) electrons. The van der Waals surface area contributed by atoms with E-state index in [2.05, 4.69) is 5.32 Å². The molecule has 1 atom stereocenters. The lowest BCUT2D eigenvalue weighted by atomic mass is 10.1. The minimum absolute atomic E-state index is 0.0105. The first kappa shape index (κ1) is 17.8. The van der Waals surface area contributed by atoms with Crippen molar-refractivity contribution >= 4 is 29.3 Å². The van der Waals surface area contributed by atoms with Gasteiger partial charge in [-0.1, -0.05) is 0 Å².